The Kier molecular flexibility index (Phi) is 3.45. The molecule has 3 rings (SSSR count). The van der Waals surface area contributed by atoms with E-state index in [-0.39, 0.29) is 0 Å². The zero-order valence-corrected chi connectivity index (χ0v) is 12.0. The molecule has 2 aromatic rings. The summed E-state index contributed by atoms with van der Waals surface area (Å²) < 4.78 is 0. The van der Waals surface area contributed by atoms with E-state index in [4.69, 9.17) is 28.3 Å². The van der Waals surface area contributed by atoms with Gasteiger partial charge in [0, 0.05) is 10.0 Å². The first kappa shape index (κ1) is 13.5. The van der Waals surface area contributed by atoms with E-state index in [0.29, 0.717) is 27.4 Å². The zero-order chi connectivity index (χ0) is 14.3. The van der Waals surface area contributed by atoms with Crippen molar-refractivity contribution in [2.75, 3.05) is 0 Å². The Morgan fingerprint density at radius 2 is 1.75 bits per heavy atom. The lowest BCUT2D eigenvalue weighted by molar-refractivity contribution is 0.0697. The predicted octanol–water partition coefficient (Wildman–Crippen LogP) is 4.96. The molecule has 2 nitrogen and oxygen atoms in total. The lowest BCUT2D eigenvalue weighted by atomic mass is 10.0. The van der Waals surface area contributed by atoms with E-state index in [1.54, 1.807) is 18.2 Å². The van der Waals surface area contributed by atoms with E-state index >= 15 is 0 Å². The number of carboxylic acid groups (broad SMARTS) is 1. The predicted molar refractivity (Wildman–Crippen MR) is 80.0 cm³/mol. The van der Waals surface area contributed by atoms with Gasteiger partial charge in [-0.25, -0.2) is 4.79 Å². The molecular weight excluding hydrogens is 295 g/mol. The van der Waals surface area contributed by atoms with Gasteiger partial charge in [0.2, 0.25) is 0 Å². The molecule has 0 aliphatic heterocycles. The molecule has 0 spiro atoms. The van der Waals surface area contributed by atoms with Crippen molar-refractivity contribution in [3.05, 3.63) is 69.2 Å². The van der Waals surface area contributed by atoms with Crippen molar-refractivity contribution < 1.29 is 9.90 Å². The summed E-state index contributed by atoms with van der Waals surface area (Å²) in [6.07, 6.45) is 1.04. The molecule has 0 aromatic heterocycles. The van der Waals surface area contributed by atoms with Crippen LogP contribution < -0.4 is 0 Å². The Morgan fingerprint density at radius 3 is 2.35 bits per heavy atom. The van der Waals surface area contributed by atoms with Gasteiger partial charge in [0.05, 0.1) is 5.56 Å². The molecule has 0 bridgehead atoms. The van der Waals surface area contributed by atoms with Crippen LogP contribution in [-0.4, -0.2) is 11.1 Å². The van der Waals surface area contributed by atoms with Gasteiger partial charge in [-0.15, -0.1) is 0 Å². The third-order valence-corrected chi connectivity index (χ3v) is 4.30. The molecule has 1 aliphatic carbocycles. The molecule has 20 heavy (non-hydrogen) atoms. The van der Waals surface area contributed by atoms with Crippen molar-refractivity contribution in [2.45, 2.75) is 18.3 Å². The molecule has 1 N–H and O–H groups in total. The van der Waals surface area contributed by atoms with Crippen molar-refractivity contribution in [1.29, 1.82) is 0 Å². The number of carbonyl (C=O) groups is 1. The first-order valence-electron chi connectivity index (χ1n) is 6.34. The monoisotopic (exact) mass is 306 g/mol. The van der Waals surface area contributed by atoms with Gasteiger partial charge in [-0.3, -0.25) is 0 Å². The number of halogens is 2. The van der Waals surface area contributed by atoms with Crippen molar-refractivity contribution in [3.63, 3.8) is 0 Å². The number of carboxylic acids is 1. The highest BCUT2D eigenvalue weighted by Crippen LogP contribution is 2.56. The van der Waals surface area contributed by atoms with E-state index in [2.05, 4.69) is 0 Å². The number of rotatable bonds is 3. The summed E-state index contributed by atoms with van der Waals surface area (Å²) in [5.74, 6) is -0.0865. The highest BCUT2D eigenvalue weighted by Gasteiger charge is 2.40. The van der Waals surface area contributed by atoms with Gasteiger partial charge >= 0.3 is 5.97 Å². The van der Waals surface area contributed by atoms with Crippen LogP contribution in [0.4, 0.5) is 0 Å². The Balaban J connectivity index is 1.80. The number of hydrogen-bond acceptors (Lipinski definition) is 1. The summed E-state index contributed by atoms with van der Waals surface area (Å²) in [4.78, 5) is 10.8. The molecule has 2 atom stereocenters. The van der Waals surface area contributed by atoms with E-state index in [1.165, 1.54) is 0 Å². The second kappa shape index (κ2) is 5.12. The summed E-state index contributed by atoms with van der Waals surface area (Å²) in [6, 6.07) is 12.7. The fourth-order valence-corrected chi connectivity index (χ4v) is 3.13. The average Bonchev–Trinajstić information content (AvgIpc) is 3.19. The van der Waals surface area contributed by atoms with Gasteiger partial charge in [-0.2, -0.15) is 0 Å². The van der Waals surface area contributed by atoms with Crippen LogP contribution in [0.1, 0.15) is 39.7 Å². The van der Waals surface area contributed by atoms with Crippen LogP contribution in [0, 0.1) is 0 Å². The lowest BCUT2D eigenvalue weighted by Gasteiger charge is -2.05. The first-order chi connectivity index (χ1) is 9.56. The van der Waals surface area contributed by atoms with E-state index < -0.39 is 5.97 Å². The van der Waals surface area contributed by atoms with Gasteiger partial charge in [0.25, 0.3) is 0 Å². The number of benzene rings is 2. The highest BCUT2D eigenvalue weighted by molar-refractivity contribution is 6.35. The maximum atomic E-state index is 10.8. The van der Waals surface area contributed by atoms with Crippen LogP contribution in [0.25, 0.3) is 0 Å². The molecule has 0 unspecified atom stereocenters. The van der Waals surface area contributed by atoms with Gasteiger partial charge in [0.15, 0.2) is 0 Å². The summed E-state index contributed by atoms with van der Waals surface area (Å²) >= 11 is 12.1. The van der Waals surface area contributed by atoms with Crippen molar-refractivity contribution in [3.8, 4) is 0 Å². The minimum atomic E-state index is -0.898. The van der Waals surface area contributed by atoms with Crippen molar-refractivity contribution >= 4 is 29.2 Å². The quantitative estimate of drug-likeness (QED) is 0.870. The molecule has 1 fully saturated rings. The molecule has 1 aliphatic rings. The van der Waals surface area contributed by atoms with Crippen LogP contribution in [0.5, 0.6) is 0 Å². The Labute approximate surface area is 127 Å². The molecule has 4 heteroatoms. The Bertz CT molecular complexity index is 665. The third-order valence-electron chi connectivity index (χ3n) is 3.74. The van der Waals surface area contributed by atoms with Gasteiger partial charge in [-0.1, -0.05) is 41.4 Å². The third kappa shape index (κ3) is 2.54. The SMILES string of the molecule is O=C(O)c1ccc([C@@H]2C[C@H]2c2ccc(Cl)cc2Cl)cc1. The second-order valence-electron chi connectivity index (χ2n) is 5.04. The molecule has 2 aromatic carbocycles. The summed E-state index contributed by atoms with van der Waals surface area (Å²) in [6.45, 7) is 0. The van der Waals surface area contributed by atoms with Crippen LogP contribution in [0.2, 0.25) is 10.0 Å². The molecule has 0 heterocycles. The van der Waals surface area contributed by atoms with Crippen molar-refractivity contribution in [2.24, 2.45) is 0 Å². The minimum absolute atomic E-state index is 0.315. The minimum Gasteiger partial charge on any atom is -0.478 e. The molecule has 0 radical (unpaired) electrons. The fourth-order valence-electron chi connectivity index (χ4n) is 2.58. The van der Waals surface area contributed by atoms with Crippen molar-refractivity contribution in [1.82, 2.24) is 0 Å². The molecule has 0 saturated heterocycles. The summed E-state index contributed by atoms with van der Waals surface area (Å²) in [7, 11) is 0. The molecule has 102 valence electrons. The summed E-state index contributed by atoms with van der Waals surface area (Å²) in [5, 5.41) is 10.2. The smallest absolute Gasteiger partial charge is 0.335 e. The van der Waals surface area contributed by atoms with Crippen LogP contribution in [0.15, 0.2) is 42.5 Å². The van der Waals surface area contributed by atoms with Crippen LogP contribution in [-0.2, 0) is 0 Å². The average molecular weight is 307 g/mol. The second-order valence-corrected chi connectivity index (χ2v) is 5.89. The topological polar surface area (TPSA) is 37.3 Å². The maximum Gasteiger partial charge on any atom is 0.335 e. The number of aromatic carboxylic acids is 1. The summed E-state index contributed by atoms with van der Waals surface area (Å²) in [5.41, 5.74) is 2.59. The Morgan fingerprint density at radius 1 is 1.05 bits per heavy atom. The largest absolute Gasteiger partial charge is 0.478 e. The van der Waals surface area contributed by atoms with Gasteiger partial charge < -0.3 is 5.11 Å². The van der Waals surface area contributed by atoms with E-state index in [1.807, 2.05) is 24.3 Å². The fraction of sp³-hybridized carbons (Fsp3) is 0.188. The Hall–Kier alpha value is -1.51. The lowest BCUT2D eigenvalue weighted by Crippen LogP contribution is -1.95. The van der Waals surface area contributed by atoms with Crippen LogP contribution in [0.3, 0.4) is 0 Å². The number of hydrogen-bond donors (Lipinski definition) is 1. The molecular formula is C16H12Cl2O2. The zero-order valence-electron chi connectivity index (χ0n) is 10.5. The molecule has 0 amide bonds. The highest BCUT2D eigenvalue weighted by atomic mass is 35.5. The van der Waals surface area contributed by atoms with Crippen LogP contribution >= 0.6 is 23.2 Å². The van der Waals surface area contributed by atoms with E-state index in [9.17, 15) is 4.79 Å². The maximum absolute atomic E-state index is 10.8. The standard InChI is InChI=1S/C16H12Cl2O2/c17-11-5-6-12(15(18)7-11)14-8-13(14)9-1-3-10(4-2-9)16(19)20/h1-7,13-14H,8H2,(H,19,20)/t13-,14-/m0/s1. The van der Waals surface area contributed by atoms with Gasteiger partial charge in [0.1, 0.15) is 0 Å². The van der Waals surface area contributed by atoms with E-state index in [0.717, 1.165) is 17.5 Å². The first-order valence-corrected chi connectivity index (χ1v) is 7.10. The normalized spacial score (nSPS) is 20.7. The molecule has 1 saturated carbocycles. The van der Waals surface area contributed by atoms with Gasteiger partial charge in [-0.05, 0) is 53.6 Å².